The Morgan fingerprint density at radius 2 is 1.68 bits per heavy atom. The van der Waals surface area contributed by atoms with Crippen molar-refractivity contribution in [2.45, 2.75) is 30.0 Å². The number of thiazole rings is 1. The molecule has 4 aromatic rings. The van der Waals surface area contributed by atoms with Crippen LogP contribution in [0.3, 0.4) is 0 Å². The summed E-state index contributed by atoms with van der Waals surface area (Å²) in [5.74, 6) is -2.67. The Hall–Kier alpha value is -4.68. The molecule has 1 saturated heterocycles. The van der Waals surface area contributed by atoms with E-state index in [1.807, 2.05) is 19.1 Å². The number of hydrogen-bond acceptors (Lipinski definition) is 9. The van der Waals surface area contributed by atoms with Crippen molar-refractivity contribution in [2.75, 3.05) is 23.4 Å². The number of thioether (sulfide) groups is 1. The molecule has 1 aromatic heterocycles. The van der Waals surface area contributed by atoms with E-state index in [1.165, 1.54) is 16.7 Å². The molecule has 0 radical (unpaired) electrons. The van der Waals surface area contributed by atoms with E-state index in [9.17, 15) is 24.0 Å². The van der Waals surface area contributed by atoms with E-state index < -0.39 is 29.0 Å². The highest BCUT2D eigenvalue weighted by Gasteiger charge is 2.56. The Labute approximate surface area is 260 Å². The highest BCUT2D eigenvalue weighted by atomic mass is 32.2. The van der Waals surface area contributed by atoms with Crippen LogP contribution in [0.5, 0.6) is 5.75 Å². The highest BCUT2D eigenvalue weighted by Crippen LogP contribution is 2.54. The van der Waals surface area contributed by atoms with Crippen LogP contribution in [0.25, 0.3) is 0 Å². The number of para-hydroxylation sites is 1. The summed E-state index contributed by atoms with van der Waals surface area (Å²) in [5, 5.41) is 2.54. The summed E-state index contributed by atoms with van der Waals surface area (Å²) < 4.78 is 11.0. The number of esters is 1. The number of aryl methyl sites for hydroxylation is 1. The second kappa shape index (κ2) is 12.1. The van der Waals surface area contributed by atoms with E-state index in [1.54, 1.807) is 67.6 Å². The quantitative estimate of drug-likeness (QED) is 0.211. The number of nitrogens with zero attached hydrogens (tertiary/aromatic N) is 1. The summed E-state index contributed by atoms with van der Waals surface area (Å²) in [7, 11) is 0. The molecule has 3 amide bonds. The zero-order chi connectivity index (χ0) is 31.0. The predicted molar refractivity (Wildman–Crippen MR) is 167 cm³/mol. The van der Waals surface area contributed by atoms with Gasteiger partial charge in [0.2, 0.25) is 11.8 Å². The summed E-state index contributed by atoms with van der Waals surface area (Å²) in [6, 6.07) is 20.5. The number of ether oxygens (including phenoxy) is 2. The molecular formula is C32H27N3O7S2. The lowest BCUT2D eigenvalue weighted by Crippen LogP contribution is -2.32. The first-order valence-electron chi connectivity index (χ1n) is 13.9. The third kappa shape index (κ3) is 5.53. The normalized spacial score (nSPS) is 18.9. The van der Waals surface area contributed by atoms with Crippen molar-refractivity contribution < 1.29 is 28.7 Å². The Kier molecular flexibility index (Phi) is 8.11. The molecule has 2 aliphatic heterocycles. The van der Waals surface area contributed by atoms with Gasteiger partial charge >= 0.3 is 10.8 Å². The van der Waals surface area contributed by atoms with Gasteiger partial charge in [-0.25, -0.2) is 9.69 Å². The van der Waals surface area contributed by atoms with Crippen molar-refractivity contribution in [2.24, 2.45) is 5.92 Å². The summed E-state index contributed by atoms with van der Waals surface area (Å²) in [6.45, 7) is 3.57. The zero-order valence-electron chi connectivity index (χ0n) is 23.7. The van der Waals surface area contributed by atoms with Gasteiger partial charge in [-0.1, -0.05) is 59.0 Å². The largest absolute Gasteiger partial charge is 0.483 e. The maximum atomic E-state index is 14.0. The van der Waals surface area contributed by atoms with E-state index in [0.29, 0.717) is 38.2 Å². The van der Waals surface area contributed by atoms with Crippen LogP contribution in [0.1, 0.15) is 39.2 Å². The lowest BCUT2D eigenvalue weighted by molar-refractivity contribution is -0.122. The van der Waals surface area contributed by atoms with Gasteiger partial charge in [-0.15, -0.1) is 0 Å². The van der Waals surface area contributed by atoms with Gasteiger partial charge < -0.3 is 19.8 Å². The molecule has 3 unspecified atom stereocenters. The Morgan fingerprint density at radius 3 is 2.41 bits per heavy atom. The first kappa shape index (κ1) is 29.4. The number of imide groups is 1. The minimum atomic E-state index is -0.788. The second-order valence-corrected chi connectivity index (χ2v) is 12.4. The number of carbonyl (C=O) groups excluding carboxylic acids is 4. The van der Waals surface area contributed by atoms with Crippen molar-refractivity contribution in [3.63, 3.8) is 0 Å². The fourth-order valence-electron chi connectivity index (χ4n) is 5.41. The van der Waals surface area contributed by atoms with Crippen LogP contribution >= 0.6 is 23.1 Å². The summed E-state index contributed by atoms with van der Waals surface area (Å²) in [6.07, 6.45) is 0. The van der Waals surface area contributed by atoms with Crippen LogP contribution in [0.2, 0.25) is 0 Å². The number of carbonyl (C=O) groups is 4. The van der Waals surface area contributed by atoms with Crippen LogP contribution in [0.15, 0.2) is 82.6 Å². The zero-order valence-corrected chi connectivity index (χ0v) is 25.3. The van der Waals surface area contributed by atoms with Crippen molar-refractivity contribution in [3.8, 4) is 5.75 Å². The number of nitrogens with one attached hydrogen (secondary N) is 2. The van der Waals surface area contributed by atoms with Gasteiger partial charge in [0, 0.05) is 22.0 Å². The maximum Gasteiger partial charge on any atom is 0.338 e. The Morgan fingerprint density at radius 1 is 0.955 bits per heavy atom. The third-order valence-electron chi connectivity index (χ3n) is 7.41. The van der Waals surface area contributed by atoms with Crippen LogP contribution in [0.4, 0.5) is 11.4 Å². The van der Waals surface area contributed by atoms with E-state index >= 15 is 0 Å². The average Bonchev–Trinajstić information content (AvgIpc) is 3.51. The van der Waals surface area contributed by atoms with Crippen LogP contribution in [-0.2, 0) is 19.1 Å². The number of hydrogen-bond donors (Lipinski definition) is 2. The Bertz CT molecular complexity index is 1810. The smallest absolute Gasteiger partial charge is 0.338 e. The molecular weight excluding hydrogens is 603 g/mol. The molecule has 0 saturated carbocycles. The minimum Gasteiger partial charge on any atom is -0.483 e. The molecule has 3 heterocycles. The molecule has 0 aliphatic carbocycles. The number of aromatic amines is 1. The molecule has 0 bridgehead atoms. The minimum absolute atomic E-state index is 0.261. The predicted octanol–water partition coefficient (Wildman–Crippen LogP) is 4.73. The van der Waals surface area contributed by atoms with Crippen molar-refractivity contribution in [3.05, 3.63) is 104 Å². The molecule has 6 rings (SSSR count). The number of amides is 3. The first-order chi connectivity index (χ1) is 21.2. The molecule has 2 aliphatic rings. The molecule has 44 heavy (non-hydrogen) atoms. The van der Waals surface area contributed by atoms with Crippen molar-refractivity contribution in [1.82, 2.24) is 4.98 Å². The monoisotopic (exact) mass is 629 g/mol. The average molecular weight is 630 g/mol. The lowest BCUT2D eigenvalue weighted by Gasteiger charge is -2.30. The number of anilines is 2. The van der Waals surface area contributed by atoms with Gasteiger partial charge in [-0.3, -0.25) is 19.2 Å². The topological polar surface area (TPSA) is 135 Å². The fraction of sp³-hybridized carbons (Fsp3) is 0.219. The number of fused-ring (bicyclic) bond motifs is 2. The molecule has 0 spiro atoms. The standard InChI is InChI=1S/C32H27N3O7S2/c1-3-41-31(39)18-10-12-19(13-11-18)33-23(36)16-42-22-7-5-4-6-21(22)24-25-27(43-28-26(24)44-32(40)34-28)30(38)35(29(25)37)20-14-8-17(2)9-15-20/h4-15,24-25,27H,3,16H2,1-2H3,(H,33,36)(H,34,40). The van der Waals surface area contributed by atoms with Gasteiger partial charge in [-0.05, 0) is 56.3 Å². The van der Waals surface area contributed by atoms with Crippen molar-refractivity contribution in [1.29, 1.82) is 0 Å². The molecule has 1 fully saturated rings. The summed E-state index contributed by atoms with van der Waals surface area (Å²) in [4.78, 5) is 69.3. The number of H-pyrrole nitrogens is 1. The van der Waals surface area contributed by atoms with E-state index in [2.05, 4.69) is 10.3 Å². The number of benzene rings is 3. The van der Waals surface area contributed by atoms with Crippen LogP contribution in [0, 0.1) is 12.8 Å². The van der Waals surface area contributed by atoms with E-state index in [-0.39, 0.29) is 29.9 Å². The first-order valence-corrected chi connectivity index (χ1v) is 15.6. The molecule has 224 valence electrons. The number of rotatable bonds is 8. The van der Waals surface area contributed by atoms with Gasteiger partial charge in [0.1, 0.15) is 11.0 Å². The van der Waals surface area contributed by atoms with Crippen LogP contribution < -0.4 is 19.8 Å². The SMILES string of the molecule is CCOC(=O)c1ccc(NC(=O)COc2ccccc2C2c3sc(=O)[nH]c3SC3C(=O)N(c4ccc(C)cc4)C(=O)C32)cc1. The molecule has 12 heteroatoms. The van der Waals surface area contributed by atoms with Gasteiger partial charge in [-0.2, -0.15) is 0 Å². The van der Waals surface area contributed by atoms with E-state index in [4.69, 9.17) is 9.47 Å². The third-order valence-corrected chi connectivity index (χ3v) is 9.81. The molecule has 3 aromatic carbocycles. The van der Waals surface area contributed by atoms with E-state index in [0.717, 1.165) is 16.9 Å². The number of aromatic nitrogens is 1. The van der Waals surface area contributed by atoms with Gasteiger partial charge in [0.15, 0.2) is 6.61 Å². The fourth-order valence-corrected chi connectivity index (χ4v) is 7.92. The summed E-state index contributed by atoms with van der Waals surface area (Å²) >= 11 is 2.20. The molecule has 2 N–H and O–H groups in total. The summed E-state index contributed by atoms with van der Waals surface area (Å²) in [5.41, 5.74) is 2.93. The van der Waals surface area contributed by atoms with Gasteiger partial charge in [0.25, 0.3) is 5.91 Å². The molecule has 3 atom stereocenters. The molecule has 10 nitrogen and oxygen atoms in total. The highest BCUT2D eigenvalue weighted by molar-refractivity contribution is 8.00. The van der Waals surface area contributed by atoms with Crippen LogP contribution in [-0.4, -0.2) is 47.1 Å². The Balaban J connectivity index is 1.26. The maximum absolute atomic E-state index is 14.0. The van der Waals surface area contributed by atoms with Gasteiger partial charge in [0.05, 0.1) is 28.8 Å². The van der Waals surface area contributed by atoms with Crippen molar-refractivity contribution >= 4 is 58.2 Å². The second-order valence-electron chi connectivity index (χ2n) is 10.3. The lowest BCUT2D eigenvalue weighted by atomic mass is 9.82.